The van der Waals surface area contributed by atoms with Gasteiger partial charge in [0.05, 0.1) is 0 Å². The zero-order valence-electron chi connectivity index (χ0n) is 7.96. The second kappa shape index (κ2) is 3.56. The second-order valence-corrected chi connectivity index (χ2v) is 3.16. The number of carbonyl (C=O) groups is 2. The first-order chi connectivity index (χ1) is 6.06. The largest absolute Gasteiger partial charge is 0.271 e. The second-order valence-electron chi connectivity index (χ2n) is 3.16. The van der Waals surface area contributed by atoms with Crippen LogP contribution < -0.4 is 0 Å². The minimum Gasteiger partial charge on any atom is -0.271 e. The van der Waals surface area contributed by atoms with Gasteiger partial charge in [0, 0.05) is 18.2 Å². The standard InChI is InChI=1S/C10H13NO2/c1-4-7(2)6-11-9(12)5-8(3)10(11)13/h5H,2,4,6H2,1,3H3. The summed E-state index contributed by atoms with van der Waals surface area (Å²) in [4.78, 5) is 23.8. The predicted molar refractivity (Wildman–Crippen MR) is 49.9 cm³/mol. The molecule has 1 aliphatic heterocycles. The van der Waals surface area contributed by atoms with Crippen LogP contribution in [-0.2, 0) is 9.59 Å². The van der Waals surface area contributed by atoms with E-state index in [4.69, 9.17) is 0 Å². The van der Waals surface area contributed by atoms with Gasteiger partial charge in [-0.05, 0) is 13.3 Å². The SMILES string of the molecule is C=C(CC)CN1C(=O)C=C(C)C1=O. The quantitative estimate of drug-likeness (QED) is 0.483. The van der Waals surface area contributed by atoms with Crippen molar-refractivity contribution in [2.45, 2.75) is 20.3 Å². The van der Waals surface area contributed by atoms with Crippen LogP contribution in [0.4, 0.5) is 0 Å². The van der Waals surface area contributed by atoms with Gasteiger partial charge in [-0.3, -0.25) is 14.5 Å². The molecule has 3 heteroatoms. The smallest absolute Gasteiger partial charge is 0.256 e. The number of hydrogen-bond donors (Lipinski definition) is 0. The number of imide groups is 1. The molecule has 1 aliphatic rings. The minimum atomic E-state index is -0.225. The number of hydrogen-bond acceptors (Lipinski definition) is 2. The Kier molecular flexibility index (Phi) is 2.66. The average Bonchev–Trinajstić information content (AvgIpc) is 2.32. The van der Waals surface area contributed by atoms with Gasteiger partial charge in [-0.15, -0.1) is 0 Å². The van der Waals surface area contributed by atoms with Crippen molar-refractivity contribution >= 4 is 11.8 Å². The van der Waals surface area contributed by atoms with Crippen LogP contribution in [-0.4, -0.2) is 23.3 Å². The first-order valence-corrected chi connectivity index (χ1v) is 4.27. The van der Waals surface area contributed by atoms with E-state index in [1.54, 1.807) is 6.92 Å². The Bertz CT molecular complexity index is 302. The summed E-state index contributed by atoms with van der Waals surface area (Å²) in [7, 11) is 0. The summed E-state index contributed by atoms with van der Waals surface area (Å²) in [5.41, 5.74) is 1.40. The Labute approximate surface area is 77.7 Å². The van der Waals surface area contributed by atoms with E-state index in [2.05, 4.69) is 6.58 Å². The fourth-order valence-electron chi connectivity index (χ4n) is 1.12. The zero-order valence-corrected chi connectivity index (χ0v) is 7.96. The number of nitrogens with zero attached hydrogens (tertiary/aromatic N) is 1. The Morgan fingerprint density at radius 3 is 2.54 bits per heavy atom. The Hall–Kier alpha value is -1.38. The number of carbonyl (C=O) groups excluding carboxylic acids is 2. The molecule has 1 heterocycles. The lowest BCUT2D eigenvalue weighted by molar-refractivity contribution is -0.136. The van der Waals surface area contributed by atoms with Crippen molar-refractivity contribution < 1.29 is 9.59 Å². The molecular formula is C10H13NO2. The predicted octanol–water partition coefficient (Wildman–Crippen LogP) is 1.27. The van der Waals surface area contributed by atoms with Crippen molar-refractivity contribution in [3.63, 3.8) is 0 Å². The maximum absolute atomic E-state index is 11.4. The molecule has 0 N–H and O–H groups in total. The van der Waals surface area contributed by atoms with Gasteiger partial charge in [0.1, 0.15) is 0 Å². The lowest BCUT2D eigenvalue weighted by Crippen LogP contribution is -2.32. The van der Waals surface area contributed by atoms with Crippen molar-refractivity contribution in [2.75, 3.05) is 6.54 Å². The average molecular weight is 179 g/mol. The Balaban J connectivity index is 2.69. The lowest BCUT2D eigenvalue weighted by Gasteiger charge is -2.14. The van der Waals surface area contributed by atoms with E-state index in [9.17, 15) is 9.59 Å². The molecule has 0 atom stereocenters. The molecular weight excluding hydrogens is 166 g/mol. The van der Waals surface area contributed by atoms with Crippen LogP contribution in [0.25, 0.3) is 0 Å². The topological polar surface area (TPSA) is 37.4 Å². The van der Waals surface area contributed by atoms with Crippen molar-refractivity contribution in [1.29, 1.82) is 0 Å². The highest BCUT2D eigenvalue weighted by atomic mass is 16.2. The normalized spacial score (nSPS) is 16.5. The van der Waals surface area contributed by atoms with Gasteiger partial charge in [-0.1, -0.05) is 19.1 Å². The van der Waals surface area contributed by atoms with E-state index in [-0.39, 0.29) is 11.8 Å². The van der Waals surface area contributed by atoms with Crippen LogP contribution in [0.3, 0.4) is 0 Å². The lowest BCUT2D eigenvalue weighted by atomic mass is 10.2. The van der Waals surface area contributed by atoms with Crippen molar-refractivity contribution in [1.82, 2.24) is 4.90 Å². The highest BCUT2D eigenvalue weighted by Gasteiger charge is 2.27. The highest BCUT2D eigenvalue weighted by molar-refractivity contribution is 6.16. The highest BCUT2D eigenvalue weighted by Crippen LogP contribution is 2.13. The molecule has 0 unspecified atom stereocenters. The van der Waals surface area contributed by atoms with Gasteiger partial charge in [-0.25, -0.2) is 0 Å². The van der Waals surface area contributed by atoms with Gasteiger partial charge >= 0.3 is 0 Å². The van der Waals surface area contributed by atoms with Gasteiger partial charge in [0.2, 0.25) is 0 Å². The van der Waals surface area contributed by atoms with Gasteiger partial charge in [0.25, 0.3) is 11.8 Å². The third-order valence-electron chi connectivity index (χ3n) is 2.07. The van der Waals surface area contributed by atoms with Crippen LogP contribution in [0.15, 0.2) is 23.8 Å². The first kappa shape index (κ1) is 9.71. The van der Waals surface area contributed by atoms with Gasteiger partial charge < -0.3 is 0 Å². The van der Waals surface area contributed by atoms with Crippen LogP contribution in [0.2, 0.25) is 0 Å². The van der Waals surface area contributed by atoms with Crippen molar-refractivity contribution in [3.05, 3.63) is 23.8 Å². The fourth-order valence-corrected chi connectivity index (χ4v) is 1.12. The third kappa shape index (κ3) is 1.86. The molecule has 0 saturated carbocycles. The Morgan fingerprint density at radius 2 is 2.15 bits per heavy atom. The van der Waals surface area contributed by atoms with Crippen molar-refractivity contribution in [2.24, 2.45) is 0 Å². The van der Waals surface area contributed by atoms with Crippen LogP contribution in [0.1, 0.15) is 20.3 Å². The summed E-state index contributed by atoms with van der Waals surface area (Å²) >= 11 is 0. The molecule has 70 valence electrons. The molecule has 0 aromatic carbocycles. The van der Waals surface area contributed by atoms with E-state index in [0.29, 0.717) is 12.1 Å². The van der Waals surface area contributed by atoms with Crippen LogP contribution >= 0.6 is 0 Å². The van der Waals surface area contributed by atoms with Crippen LogP contribution in [0, 0.1) is 0 Å². The molecule has 0 aromatic rings. The minimum absolute atomic E-state index is 0.195. The first-order valence-electron chi connectivity index (χ1n) is 4.27. The summed E-state index contributed by atoms with van der Waals surface area (Å²) in [5.74, 6) is -0.420. The monoisotopic (exact) mass is 179 g/mol. The van der Waals surface area contributed by atoms with E-state index < -0.39 is 0 Å². The maximum Gasteiger partial charge on any atom is 0.256 e. The molecule has 1 rings (SSSR count). The van der Waals surface area contributed by atoms with E-state index in [1.807, 2.05) is 6.92 Å². The zero-order chi connectivity index (χ0) is 10.0. The summed E-state index contributed by atoms with van der Waals surface area (Å²) in [6.07, 6.45) is 2.15. The number of amides is 2. The molecule has 0 fully saturated rings. The molecule has 0 aliphatic carbocycles. The summed E-state index contributed by atoms with van der Waals surface area (Å²) < 4.78 is 0. The van der Waals surface area contributed by atoms with E-state index in [0.717, 1.165) is 12.0 Å². The molecule has 2 amide bonds. The molecule has 3 nitrogen and oxygen atoms in total. The summed E-state index contributed by atoms with van der Waals surface area (Å²) in [6, 6.07) is 0. The molecule has 0 spiro atoms. The third-order valence-corrected chi connectivity index (χ3v) is 2.07. The van der Waals surface area contributed by atoms with Crippen molar-refractivity contribution in [3.8, 4) is 0 Å². The Morgan fingerprint density at radius 1 is 1.54 bits per heavy atom. The molecule has 0 radical (unpaired) electrons. The molecule has 0 saturated heterocycles. The van der Waals surface area contributed by atoms with Crippen LogP contribution in [0.5, 0.6) is 0 Å². The van der Waals surface area contributed by atoms with E-state index >= 15 is 0 Å². The molecule has 0 aromatic heterocycles. The summed E-state index contributed by atoms with van der Waals surface area (Å²) in [5, 5.41) is 0. The maximum atomic E-state index is 11.4. The molecule has 13 heavy (non-hydrogen) atoms. The molecule has 0 bridgehead atoms. The summed E-state index contributed by atoms with van der Waals surface area (Å²) in [6.45, 7) is 7.71. The van der Waals surface area contributed by atoms with E-state index in [1.165, 1.54) is 11.0 Å². The van der Waals surface area contributed by atoms with Gasteiger partial charge in [0.15, 0.2) is 0 Å². The van der Waals surface area contributed by atoms with Gasteiger partial charge in [-0.2, -0.15) is 0 Å². The fraction of sp³-hybridized carbons (Fsp3) is 0.400. The number of rotatable bonds is 3.